The number of esters is 1. The normalized spacial score (nSPS) is 16.7. The zero-order valence-corrected chi connectivity index (χ0v) is 36.6. The Hall–Kier alpha value is -5.32. The van der Waals surface area contributed by atoms with Crippen molar-refractivity contribution in [3.63, 3.8) is 0 Å². The highest BCUT2D eigenvalue weighted by atomic mass is 28.4. The molecule has 0 amide bonds. The van der Waals surface area contributed by atoms with Gasteiger partial charge < -0.3 is 18.6 Å². The van der Waals surface area contributed by atoms with Crippen LogP contribution in [0.2, 0.25) is 5.04 Å². The Balaban J connectivity index is 1.13. The summed E-state index contributed by atoms with van der Waals surface area (Å²) in [4.78, 5) is 14.9. The molecule has 1 saturated carbocycles. The van der Waals surface area contributed by atoms with Crippen molar-refractivity contribution < 1.29 is 36.6 Å². The van der Waals surface area contributed by atoms with Crippen molar-refractivity contribution in [3.8, 4) is 0 Å². The molecule has 322 valence electrons. The SMILES string of the molecule is CC(C)(C)[Si](OCC(CO[C@@H]1CCC[C@H](OC(=O)C(c2ccccc2)(c2ccccc2)c2ccccc2)C1)OCc1ccc(C(F)(F)F)cc1)(c1ccccc1)c1ccccc1. The molecule has 0 heterocycles. The van der Waals surface area contributed by atoms with Crippen LogP contribution in [0.25, 0.3) is 0 Å². The minimum atomic E-state index is -4.43. The number of alkyl halides is 3. The molecule has 0 aliphatic heterocycles. The average molecular weight is 857 g/mol. The molecule has 7 rings (SSSR count). The zero-order valence-electron chi connectivity index (χ0n) is 35.6. The maximum absolute atomic E-state index is 14.9. The molecule has 1 fully saturated rings. The van der Waals surface area contributed by atoms with Gasteiger partial charge in [-0.05, 0) is 69.1 Å². The molecular weight excluding hydrogens is 802 g/mol. The average Bonchev–Trinajstić information content (AvgIpc) is 3.29. The van der Waals surface area contributed by atoms with Crippen molar-refractivity contribution in [1.29, 1.82) is 0 Å². The summed E-state index contributed by atoms with van der Waals surface area (Å²) in [6.45, 7) is 7.05. The first-order valence-electron chi connectivity index (χ1n) is 21.4. The van der Waals surface area contributed by atoms with Crippen molar-refractivity contribution in [2.24, 2.45) is 0 Å². The Morgan fingerprint density at radius 1 is 0.597 bits per heavy atom. The Morgan fingerprint density at radius 3 is 1.50 bits per heavy atom. The summed E-state index contributed by atoms with van der Waals surface area (Å²) in [5.41, 5.74) is 1.15. The predicted molar refractivity (Wildman–Crippen MR) is 241 cm³/mol. The van der Waals surface area contributed by atoms with Gasteiger partial charge in [-0.15, -0.1) is 0 Å². The number of halogens is 3. The van der Waals surface area contributed by atoms with Crippen LogP contribution in [0.5, 0.6) is 0 Å². The van der Waals surface area contributed by atoms with Crippen LogP contribution in [0.1, 0.15) is 74.3 Å². The van der Waals surface area contributed by atoms with Gasteiger partial charge in [0.15, 0.2) is 0 Å². The van der Waals surface area contributed by atoms with Crippen LogP contribution in [-0.4, -0.2) is 45.8 Å². The van der Waals surface area contributed by atoms with Crippen LogP contribution in [-0.2, 0) is 41.6 Å². The molecular formula is C53H55F3O5Si. The fourth-order valence-electron chi connectivity index (χ4n) is 8.89. The molecule has 9 heteroatoms. The van der Waals surface area contributed by atoms with Gasteiger partial charge in [0.1, 0.15) is 17.6 Å². The van der Waals surface area contributed by atoms with E-state index < -0.39 is 37.7 Å². The van der Waals surface area contributed by atoms with E-state index in [0.29, 0.717) is 18.4 Å². The van der Waals surface area contributed by atoms with Gasteiger partial charge in [0, 0.05) is 6.42 Å². The molecule has 1 unspecified atom stereocenters. The summed E-state index contributed by atoms with van der Waals surface area (Å²) in [6.07, 6.45) is -2.85. The number of carbonyl (C=O) groups is 1. The van der Waals surface area contributed by atoms with Crippen LogP contribution in [0, 0.1) is 0 Å². The molecule has 62 heavy (non-hydrogen) atoms. The van der Waals surface area contributed by atoms with Gasteiger partial charge in [0.05, 0.1) is 31.5 Å². The molecule has 6 aromatic rings. The fourth-order valence-corrected chi connectivity index (χ4v) is 13.5. The third-order valence-corrected chi connectivity index (χ3v) is 17.0. The van der Waals surface area contributed by atoms with Crippen molar-refractivity contribution in [2.75, 3.05) is 13.2 Å². The first-order valence-corrected chi connectivity index (χ1v) is 23.3. The summed E-state index contributed by atoms with van der Waals surface area (Å²) in [5, 5.41) is 1.95. The Morgan fingerprint density at radius 2 is 1.05 bits per heavy atom. The Kier molecular flexibility index (Phi) is 14.3. The molecule has 0 spiro atoms. The zero-order chi connectivity index (χ0) is 43.6. The first-order chi connectivity index (χ1) is 29.9. The summed E-state index contributed by atoms with van der Waals surface area (Å²) >= 11 is 0. The van der Waals surface area contributed by atoms with E-state index >= 15 is 0 Å². The van der Waals surface area contributed by atoms with Gasteiger partial charge in [-0.3, -0.25) is 4.79 Å². The molecule has 0 bridgehead atoms. The van der Waals surface area contributed by atoms with Gasteiger partial charge in [-0.2, -0.15) is 13.2 Å². The third kappa shape index (κ3) is 9.97. The first kappa shape index (κ1) is 44.7. The van der Waals surface area contributed by atoms with Crippen molar-refractivity contribution in [2.45, 2.75) is 88.0 Å². The largest absolute Gasteiger partial charge is 0.461 e. The molecule has 5 nitrogen and oxygen atoms in total. The molecule has 0 radical (unpaired) electrons. The molecule has 6 aromatic carbocycles. The fraction of sp³-hybridized carbons (Fsp3) is 0.302. The number of benzene rings is 6. The van der Waals surface area contributed by atoms with Crippen LogP contribution in [0.3, 0.4) is 0 Å². The number of hydrogen-bond donors (Lipinski definition) is 0. The minimum absolute atomic E-state index is 0.0711. The van der Waals surface area contributed by atoms with E-state index in [1.165, 1.54) is 12.1 Å². The second-order valence-corrected chi connectivity index (χ2v) is 21.4. The quantitative estimate of drug-likeness (QED) is 0.0551. The molecule has 1 aliphatic rings. The van der Waals surface area contributed by atoms with Gasteiger partial charge >= 0.3 is 12.1 Å². The van der Waals surface area contributed by atoms with Crippen molar-refractivity contribution >= 4 is 24.7 Å². The number of ether oxygens (including phenoxy) is 3. The molecule has 0 aromatic heterocycles. The van der Waals surface area contributed by atoms with E-state index in [0.717, 1.165) is 52.0 Å². The predicted octanol–water partition coefficient (Wildman–Crippen LogP) is 11.1. The lowest BCUT2D eigenvalue weighted by Gasteiger charge is -2.43. The van der Waals surface area contributed by atoms with Crippen molar-refractivity contribution in [3.05, 3.63) is 204 Å². The number of carbonyl (C=O) groups excluding carboxylic acids is 1. The lowest BCUT2D eigenvalue weighted by molar-refractivity contribution is -0.158. The summed E-state index contributed by atoms with van der Waals surface area (Å²) in [7, 11) is -2.97. The standard InChI is InChI=1S/C53H55F3O5Si/c1-51(2,3)62(48-28-15-7-16-29-48,49-30-17-8-18-31-49)60-39-47(58-37-40-32-34-44(35-33-40)53(54,55)56)38-59-45-26-19-27-46(36-45)61-50(57)52(41-20-9-4-10-21-41,42-22-11-5-12-23-42)43-24-13-6-14-25-43/h4-18,20-25,28-35,45-47H,19,26-27,36-39H2,1-3H3/t45-,46+,47?/m1/s1. The van der Waals surface area contributed by atoms with Crippen molar-refractivity contribution in [1.82, 2.24) is 0 Å². The van der Waals surface area contributed by atoms with Gasteiger partial charge in [0.2, 0.25) is 0 Å². The lowest BCUT2D eigenvalue weighted by Crippen LogP contribution is -2.67. The van der Waals surface area contributed by atoms with E-state index in [9.17, 15) is 18.0 Å². The Labute approximate surface area is 365 Å². The highest BCUT2D eigenvalue weighted by Crippen LogP contribution is 2.42. The monoisotopic (exact) mass is 856 g/mol. The second kappa shape index (κ2) is 19.8. The smallest absolute Gasteiger partial charge is 0.416 e. The van der Waals surface area contributed by atoms with E-state index in [4.69, 9.17) is 18.6 Å². The van der Waals surface area contributed by atoms with Crippen LogP contribution < -0.4 is 10.4 Å². The van der Waals surface area contributed by atoms with Crippen LogP contribution in [0.15, 0.2) is 176 Å². The Bertz CT molecular complexity index is 2150. The highest BCUT2D eigenvalue weighted by molar-refractivity contribution is 6.99. The van der Waals surface area contributed by atoms with Crippen LogP contribution in [0.4, 0.5) is 13.2 Å². The third-order valence-electron chi connectivity index (χ3n) is 12.0. The molecule has 1 aliphatic carbocycles. The van der Waals surface area contributed by atoms with E-state index in [1.54, 1.807) is 0 Å². The van der Waals surface area contributed by atoms with E-state index in [-0.39, 0.29) is 36.9 Å². The maximum atomic E-state index is 14.9. The molecule has 0 N–H and O–H groups in total. The second-order valence-electron chi connectivity index (χ2n) is 17.1. The van der Waals surface area contributed by atoms with Gasteiger partial charge in [0.25, 0.3) is 8.32 Å². The summed E-state index contributed by atoms with van der Waals surface area (Å²) in [5.74, 6) is -0.344. The van der Waals surface area contributed by atoms with Crippen LogP contribution >= 0.6 is 0 Å². The number of hydrogen-bond acceptors (Lipinski definition) is 5. The minimum Gasteiger partial charge on any atom is -0.461 e. The van der Waals surface area contributed by atoms with E-state index in [2.05, 4.69) is 45.0 Å². The molecule has 3 atom stereocenters. The molecule has 0 saturated heterocycles. The summed E-state index contributed by atoms with van der Waals surface area (Å²) < 4.78 is 67.2. The lowest BCUT2D eigenvalue weighted by atomic mass is 9.69. The highest BCUT2D eigenvalue weighted by Gasteiger charge is 2.51. The maximum Gasteiger partial charge on any atom is 0.416 e. The van der Waals surface area contributed by atoms with Gasteiger partial charge in [-0.1, -0.05) is 185 Å². The summed E-state index contributed by atoms with van der Waals surface area (Å²) in [6, 6.07) is 55.1. The topological polar surface area (TPSA) is 54.0 Å². The number of rotatable bonds is 16. The van der Waals surface area contributed by atoms with E-state index in [1.807, 2.05) is 127 Å². The van der Waals surface area contributed by atoms with Gasteiger partial charge in [-0.25, -0.2) is 0 Å².